The van der Waals surface area contributed by atoms with Crippen molar-refractivity contribution in [3.05, 3.63) is 22.5 Å². The largest absolute Gasteiger partial charge is 0.455 e. The minimum atomic E-state index is -0.512. The Labute approximate surface area is 158 Å². The molecule has 4 bridgehead atoms. The summed E-state index contributed by atoms with van der Waals surface area (Å²) in [5, 5.41) is 4.66. The number of nitrogens with zero attached hydrogens (tertiary/aromatic N) is 2. The molecule has 0 unspecified atom stereocenters. The zero-order valence-electron chi connectivity index (χ0n) is 15.3. The van der Waals surface area contributed by atoms with Gasteiger partial charge < -0.3 is 4.74 Å². The van der Waals surface area contributed by atoms with Crippen LogP contribution in [-0.2, 0) is 21.4 Å². The van der Waals surface area contributed by atoms with Crippen molar-refractivity contribution in [2.24, 2.45) is 30.2 Å². The molecule has 4 aliphatic carbocycles. The fourth-order valence-corrected chi connectivity index (χ4v) is 6.01. The molecule has 4 saturated carbocycles. The van der Waals surface area contributed by atoms with E-state index in [1.165, 1.54) is 25.3 Å². The van der Waals surface area contributed by atoms with Gasteiger partial charge in [0, 0.05) is 24.1 Å². The van der Waals surface area contributed by atoms with Crippen LogP contribution >= 0.6 is 11.6 Å². The number of ketones is 1. The van der Waals surface area contributed by atoms with Gasteiger partial charge in [0.2, 0.25) is 0 Å². The van der Waals surface area contributed by atoms with Crippen LogP contribution in [0.2, 0.25) is 5.15 Å². The summed E-state index contributed by atoms with van der Waals surface area (Å²) in [7, 11) is 1.75. The highest BCUT2D eigenvalue weighted by Crippen LogP contribution is 2.60. The van der Waals surface area contributed by atoms with Gasteiger partial charge in [-0.3, -0.25) is 9.48 Å². The summed E-state index contributed by atoms with van der Waals surface area (Å²) in [4.78, 5) is 24.9. The maximum absolute atomic E-state index is 12.9. The first-order valence-electron chi connectivity index (χ1n) is 9.43. The summed E-state index contributed by atoms with van der Waals surface area (Å²) in [6, 6.07) is 0. The highest BCUT2D eigenvalue weighted by atomic mass is 35.5. The second-order valence-corrected chi connectivity index (χ2v) is 8.83. The molecular weight excluding hydrogens is 352 g/mol. The minimum absolute atomic E-state index is 0.116. The van der Waals surface area contributed by atoms with E-state index in [-0.39, 0.29) is 17.8 Å². The van der Waals surface area contributed by atoms with E-state index in [0.717, 1.165) is 25.0 Å². The number of hydrogen-bond acceptors (Lipinski definition) is 4. The third-order valence-corrected chi connectivity index (χ3v) is 7.01. The molecule has 0 saturated heterocycles. The molecule has 26 heavy (non-hydrogen) atoms. The molecule has 4 fully saturated rings. The second-order valence-electron chi connectivity index (χ2n) is 8.48. The van der Waals surface area contributed by atoms with Crippen LogP contribution in [0.4, 0.5) is 0 Å². The van der Waals surface area contributed by atoms with Crippen LogP contribution in [0.25, 0.3) is 6.08 Å². The Morgan fingerprint density at radius 3 is 2.31 bits per heavy atom. The molecule has 5 rings (SSSR count). The van der Waals surface area contributed by atoms with Gasteiger partial charge in [-0.15, -0.1) is 0 Å². The summed E-state index contributed by atoms with van der Waals surface area (Å²) < 4.78 is 6.81. The topological polar surface area (TPSA) is 61.2 Å². The Morgan fingerprint density at radius 2 is 1.81 bits per heavy atom. The van der Waals surface area contributed by atoms with Crippen LogP contribution in [0.15, 0.2) is 6.08 Å². The summed E-state index contributed by atoms with van der Waals surface area (Å²) >= 11 is 6.14. The van der Waals surface area contributed by atoms with Gasteiger partial charge in [0.15, 0.2) is 12.4 Å². The molecule has 5 nitrogen and oxygen atoms in total. The number of hydrogen-bond donors (Lipinski definition) is 0. The van der Waals surface area contributed by atoms with E-state index in [2.05, 4.69) is 5.10 Å². The van der Waals surface area contributed by atoms with E-state index in [1.807, 2.05) is 6.92 Å². The van der Waals surface area contributed by atoms with Gasteiger partial charge in [-0.05, 0) is 69.3 Å². The van der Waals surface area contributed by atoms with Crippen molar-refractivity contribution in [1.29, 1.82) is 0 Å². The van der Waals surface area contributed by atoms with E-state index in [4.69, 9.17) is 16.3 Å². The Hall–Kier alpha value is -1.62. The van der Waals surface area contributed by atoms with Crippen molar-refractivity contribution in [2.45, 2.75) is 45.4 Å². The molecule has 0 spiro atoms. The molecule has 1 aromatic heterocycles. The van der Waals surface area contributed by atoms with Crippen molar-refractivity contribution >= 4 is 29.4 Å². The Kier molecular flexibility index (Phi) is 4.46. The molecule has 0 atom stereocenters. The SMILES string of the molecule is Cc1nn(C)c(Cl)c1/C=C/C(=O)OCC(=O)C12CC3CC(CC(C3)C1)C2. The Bertz CT molecular complexity index is 745. The highest BCUT2D eigenvalue weighted by molar-refractivity contribution is 6.31. The predicted molar refractivity (Wildman–Crippen MR) is 98.6 cm³/mol. The van der Waals surface area contributed by atoms with Crippen molar-refractivity contribution in [3.8, 4) is 0 Å². The summed E-state index contributed by atoms with van der Waals surface area (Å²) in [6.45, 7) is 1.71. The number of Topliss-reactive ketones (excluding diaryl/α,β-unsaturated/α-hetero) is 1. The number of ether oxygens (including phenoxy) is 1. The highest BCUT2D eigenvalue weighted by Gasteiger charge is 2.54. The van der Waals surface area contributed by atoms with Gasteiger partial charge in [0.05, 0.1) is 5.69 Å². The van der Waals surface area contributed by atoms with Gasteiger partial charge in [-0.2, -0.15) is 5.10 Å². The number of rotatable bonds is 5. The normalized spacial score (nSPS) is 32.3. The maximum Gasteiger partial charge on any atom is 0.331 e. The lowest BCUT2D eigenvalue weighted by molar-refractivity contribution is -0.155. The number of halogens is 1. The molecule has 6 heteroatoms. The van der Waals surface area contributed by atoms with Crippen LogP contribution in [0.1, 0.15) is 49.8 Å². The van der Waals surface area contributed by atoms with E-state index in [1.54, 1.807) is 17.8 Å². The molecule has 1 heterocycles. The van der Waals surface area contributed by atoms with Crippen LogP contribution in [0, 0.1) is 30.1 Å². The van der Waals surface area contributed by atoms with E-state index < -0.39 is 5.97 Å². The summed E-state index contributed by atoms with van der Waals surface area (Å²) in [5.41, 5.74) is 1.21. The number of carbonyl (C=O) groups is 2. The lowest BCUT2D eigenvalue weighted by Gasteiger charge is -2.55. The van der Waals surface area contributed by atoms with E-state index in [0.29, 0.717) is 28.5 Å². The lowest BCUT2D eigenvalue weighted by atomic mass is 9.48. The molecule has 4 aliphatic rings. The van der Waals surface area contributed by atoms with Crippen molar-refractivity contribution in [1.82, 2.24) is 9.78 Å². The average Bonchev–Trinajstić information content (AvgIpc) is 2.81. The number of esters is 1. The lowest BCUT2D eigenvalue weighted by Crippen LogP contribution is -2.51. The minimum Gasteiger partial charge on any atom is -0.455 e. The third kappa shape index (κ3) is 3.11. The molecule has 0 aliphatic heterocycles. The zero-order valence-corrected chi connectivity index (χ0v) is 16.1. The van der Waals surface area contributed by atoms with Gasteiger partial charge >= 0.3 is 5.97 Å². The summed E-state index contributed by atoms with van der Waals surface area (Å²) in [6.07, 6.45) is 9.78. The van der Waals surface area contributed by atoms with Gasteiger partial charge in [0.25, 0.3) is 0 Å². The fraction of sp³-hybridized carbons (Fsp3) is 0.650. The van der Waals surface area contributed by atoms with Gasteiger partial charge in [0.1, 0.15) is 5.15 Å². The van der Waals surface area contributed by atoms with Crippen LogP contribution in [0.5, 0.6) is 0 Å². The molecular formula is C20H25ClN2O3. The molecule has 0 aromatic carbocycles. The third-order valence-electron chi connectivity index (χ3n) is 6.56. The fourth-order valence-electron chi connectivity index (χ4n) is 5.78. The first-order chi connectivity index (χ1) is 12.4. The molecule has 0 amide bonds. The second kappa shape index (κ2) is 6.52. The maximum atomic E-state index is 12.9. The standard InChI is InChI=1S/C20H25ClN2O3/c1-12-16(19(21)23(2)22-12)3-4-18(25)26-11-17(24)20-8-13-5-14(9-20)7-15(6-13)10-20/h3-4,13-15H,5-11H2,1-2H3/b4-3+. The first-order valence-corrected chi connectivity index (χ1v) is 9.81. The van der Waals surface area contributed by atoms with E-state index >= 15 is 0 Å². The van der Waals surface area contributed by atoms with Crippen LogP contribution in [-0.4, -0.2) is 28.1 Å². The zero-order chi connectivity index (χ0) is 18.5. The number of aromatic nitrogens is 2. The molecule has 0 N–H and O–H groups in total. The van der Waals surface area contributed by atoms with Crippen molar-refractivity contribution in [2.75, 3.05) is 6.61 Å². The molecule has 140 valence electrons. The van der Waals surface area contributed by atoms with Crippen molar-refractivity contribution < 1.29 is 14.3 Å². The van der Waals surface area contributed by atoms with Gasteiger partial charge in [-0.1, -0.05) is 11.6 Å². The Balaban J connectivity index is 1.36. The molecule has 1 aromatic rings. The first kappa shape index (κ1) is 17.8. The monoisotopic (exact) mass is 376 g/mol. The molecule has 0 radical (unpaired) electrons. The van der Waals surface area contributed by atoms with Crippen LogP contribution in [0.3, 0.4) is 0 Å². The number of aryl methyl sites for hydroxylation is 2. The predicted octanol–water partition coefficient (Wildman–Crippen LogP) is 3.72. The average molecular weight is 377 g/mol. The Morgan fingerprint density at radius 1 is 1.23 bits per heavy atom. The summed E-state index contributed by atoms with van der Waals surface area (Å²) in [5.74, 6) is 1.72. The van der Waals surface area contributed by atoms with E-state index in [9.17, 15) is 9.59 Å². The quantitative estimate of drug-likeness (QED) is 0.580. The van der Waals surface area contributed by atoms with Gasteiger partial charge in [-0.25, -0.2) is 4.79 Å². The smallest absolute Gasteiger partial charge is 0.331 e. The van der Waals surface area contributed by atoms with Crippen LogP contribution < -0.4 is 0 Å². The number of carbonyl (C=O) groups excluding carboxylic acids is 2. The van der Waals surface area contributed by atoms with Crippen molar-refractivity contribution in [3.63, 3.8) is 0 Å².